The number of nitrogens with one attached hydrogen (secondary N) is 2. The Morgan fingerprint density at radius 1 is 1.62 bits per heavy atom. The standard InChI is InChI=1S/C10H13ClN4O/c11-8-5-9(14-6-13-8)15-10(16)4-7-2-1-3-12-7/h5-7,12H,1-4H2,(H,13,14,15,16). The van der Waals surface area contributed by atoms with Crippen LogP contribution in [0.1, 0.15) is 19.3 Å². The molecule has 1 fully saturated rings. The second-order valence-electron chi connectivity index (χ2n) is 3.77. The number of hydrogen-bond acceptors (Lipinski definition) is 4. The van der Waals surface area contributed by atoms with Crippen LogP contribution in [0.3, 0.4) is 0 Å². The second-order valence-corrected chi connectivity index (χ2v) is 4.16. The molecular formula is C10H13ClN4O. The molecule has 1 unspecified atom stereocenters. The molecule has 1 aromatic heterocycles. The van der Waals surface area contributed by atoms with Crippen LogP contribution in [0.4, 0.5) is 5.82 Å². The molecule has 0 spiro atoms. The highest BCUT2D eigenvalue weighted by Gasteiger charge is 2.17. The number of amides is 1. The lowest BCUT2D eigenvalue weighted by atomic mass is 10.1. The van der Waals surface area contributed by atoms with Gasteiger partial charge in [0.15, 0.2) is 0 Å². The van der Waals surface area contributed by atoms with Crippen LogP contribution in [0, 0.1) is 0 Å². The first-order valence-electron chi connectivity index (χ1n) is 5.25. The van der Waals surface area contributed by atoms with E-state index in [0.717, 1.165) is 19.4 Å². The lowest BCUT2D eigenvalue weighted by molar-refractivity contribution is -0.116. The molecule has 0 bridgehead atoms. The Hall–Kier alpha value is -1.20. The Morgan fingerprint density at radius 2 is 2.50 bits per heavy atom. The second kappa shape index (κ2) is 5.23. The summed E-state index contributed by atoms with van der Waals surface area (Å²) in [4.78, 5) is 19.3. The van der Waals surface area contributed by atoms with Crippen LogP contribution in [0.15, 0.2) is 12.4 Å². The van der Waals surface area contributed by atoms with E-state index in [2.05, 4.69) is 20.6 Å². The van der Waals surface area contributed by atoms with Crippen molar-refractivity contribution in [3.63, 3.8) is 0 Å². The largest absolute Gasteiger partial charge is 0.313 e. The summed E-state index contributed by atoms with van der Waals surface area (Å²) in [5.41, 5.74) is 0. The van der Waals surface area contributed by atoms with Gasteiger partial charge in [0, 0.05) is 18.5 Å². The predicted molar refractivity (Wildman–Crippen MR) is 61.3 cm³/mol. The van der Waals surface area contributed by atoms with Gasteiger partial charge in [-0.15, -0.1) is 0 Å². The van der Waals surface area contributed by atoms with Gasteiger partial charge in [0.25, 0.3) is 0 Å². The molecule has 0 aromatic carbocycles. The van der Waals surface area contributed by atoms with Gasteiger partial charge < -0.3 is 10.6 Å². The lowest BCUT2D eigenvalue weighted by Gasteiger charge is -2.09. The van der Waals surface area contributed by atoms with Gasteiger partial charge in [-0.25, -0.2) is 9.97 Å². The molecule has 1 saturated heterocycles. The van der Waals surface area contributed by atoms with E-state index < -0.39 is 0 Å². The Kier molecular flexibility index (Phi) is 3.69. The normalized spacial score (nSPS) is 19.7. The number of halogens is 1. The van der Waals surface area contributed by atoms with Crippen molar-refractivity contribution in [1.29, 1.82) is 0 Å². The van der Waals surface area contributed by atoms with Gasteiger partial charge in [-0.1, -0.05) is 11.6 Å². The summed E-state index contributed by atoms with van der Waals surface area (Å²) in [6.45, 7) is 0.997. The molecule has 1 aliphatic heterocycles. The number of hydrogen-bond donors (Lipinski definition) is 2. The maximum atomic E-state index is 11.6. The fourth-order valence-corrected chi connectivity index (χ4v) is 1.90. The Balaban J connectivity index is 1.86. The predicted octanol–water partition coefficient (Wildman–Crippen LogP) is 1.21. The van der Waals surface area contributed by atoms with Crippen LogP contribution in [0.2, 0.25) is 5.15 Å². The van der Waals surface area contributed by atoms with Gasteiger partial charge in [-0.3, -0.25) is 4.79 Å². The van der Waals surface area contributed by atoms with Gasteiger partial charge in [0.05, 0.1) is 0 Å². The van der Waals surface area contributed by atoms with Gasteiger partial charge in [0.1, 0.15) is 17.3 Å². The summed E-state index contributed by atoms with van der Waals surface area (Å²) in [5.74, 6) is 0.400. The summed E-state index contributed by atoms with van der Waals surface area (Å²) in [6, 6.07) is 1.82. The van der Waals surface area contributed by atoms with Crippen molar-refractivity contribution < 1.29 is 4.79 Å². The van der Waals surface area contributed by atoms with E-state index in [-0.39, 0.29) is 11.9 Å². The molecule has 1 aliphatic rings. The molecule has 0 saturated carbocycles. The fourth-order valence-electron chi connectivity index (χ4n) is 1.75. The van der Waals surface area contributed by atoms with Crippen molar-refractivity contribution in [1.82, 2.24) is 15.3 Å². The van der Waals surface area contributed by atoms with Crippen molar-refractivity contribution in [3.8, 4) is 0 Å². The highest BCUT2D eigenvalue weighted by atomic mass is 35.5. The third-order valence-corrected chi connectivity index (χ3v) is 2.70. The quantitative estimate of drug-likeness (QED) is 0.780. The third-order valence-electron chi connectivity index (χ3n) is 2.50. The average molecular weight is 241 g/mol. The number of nitrogens with zero attached hydrogens (tertiary/aromatic N) is 2. The summed E-state index contributed by atoms with van der Waals surface area (Å²) >= 11 is 5.68. The van der Waals surface area contributed by atoms with Gasteiger partial charge in [-0.2, -0.15) is 0 Å². The average Bonchev–Trinajstić information content (AvgIpc) is 2.70. The highest BCUT2D eigenvalue weighted by molar-refractivity contribution is 6.29. The first kappa shape index (κ1) is 11.3. The van der Waals surface area contributed by atoms with E-state index in [1.54, 1.807) is 0 Å². The number of rotatable bonds is 3. The van der Waals surface area contributed by atoms with E-state index in [1.807, 2.05) is 0 Å². The molecule has 16 heavy (non-hydrogen) atoms. The van der Waals surface area contributed by atoms with Crippen molar-refractivity contribution in [3.05, 3.63) is 17.5 Å². The number of carbonyl (C=O) groups is 1. The number of aromatic nitrogens is 2. The van der Waals surface area contributed by atoms with Crippen molar-refractivity contribution in [2.45, 2.75) is 25.3 Å². The molecule has 86 valence electrons. The molecule has 1 amide bonds. The molecule has 5 nitrogen and oxygen atoms in total. The van der Waals surface area contributed by atoms with Crippen LogP contribution in [-0.2, 0) is 4.79 Å². The van der Waals surface area contributed by atoms with E-state index in [9.17, 15) is 4.79 Å². The van der Waals surface area contributed by atoms with E-state index in [0.29, 0.717) is 17.4 Å². The SMILES string of the molecule is O=C(CC1CCCN1)Nc1cc(Cl)ncn1. The van der Waals surface area contributed by atoms with Crippen molar-refractivity contribution in [2.75, 3.05) is 11.9 Å². The maximum Gasteiger partial charge on any atom is 0.227 e. The topological polar surface area (TPSA) is 66.9 Å². The maximum absolute atomic E-state index is 11.6. The molecule has 1 aromatic rings. The highest BCUT2D eigenvalue weighted by Crippen LogP contribution is 2.12. The zero-order chi connectivity index (χ0) is 11.4. The molecule has 2 N–H and O–H groups in total. The molecule has 0 radical (unpaired) electrons. The van der Waals surface area contributed by atoms with E-state index >= 15 is 0 Å². The summed E-state index contributed by atoms with van der Waals surface area (Å²) in [6.07, 6.45) is 3.99. The van der Waals surface area contributed by atoms with Gasteiger partial charge in [-0.05, 0) is 19.4 Å². The van der Waals surface area contributed by atoms with Crippen LogP contribution in [0.5, 0.6) is 0 Å². The monoisotopic (exact) mass is 240 g/mol. The van der Waals surface area contributed by atoms with Gasteiger partial charge in [0.2, 0.25) is 5.91 Å². The molecule has 6 heteroatoms. The lowest BCUT2D eigenvalue weighted by Crippen LogP contribution is -2.27. The smallest absolute Gasteiger partial charge is 0.227 e. The minimum atomic E-state index is -0.0471. The van der Waals surface area contributed by atoms with Crippen LogP contribution < -0.4 is 10.6 Å². The molecule has 2 heterocycles. The Morgan fingerprint density at radius 3 is 3.19 bits per heavy atom. The first-order valence-corrected chi connectivity index (χ1v) is 5.62. The Labute approximate surface area is 98.6 Å². The molecule has 1 atom stereocenters. The zero-order valence-corrected chi connectivity index (χ0v) is 9.50. The summed E-state index contributed by atoms with van der Waals surface area (Å²) in [7, 11) is 0. The number of anilines is 1. The molecular weight excluding hydrogens is 228 g/mol. The van der Waals surface area contributed by atoms with Crippen LogP contribution >= 0.6 is 11.6 Å². The van der Waals surface area contributed by atoms with E-state index in [4.69, 9.17) is 11.6 Å². The van der Waals surface area contributed by atoms with Crippen molar-refractivity contribution in [2.24, 2.45) is 0 Å². The van der Waals surface area contributed by atoms with Crippen LogP contribution in [-0.4, -0.2) is 28.5 Å². The minimum Gasteiger partial charge on any atom is -0.313 e. The summed E-state index contributed by atoms with van der Waals surface area (Å²) < 4.78 is 0. The minimum absolute atomic E-state index is 0.0471. The van der Waals surface area contributed by atoms with Crippen molar-refractivity contribution >= 4 is 23.3 Å². The van der Waals surface area contributed by atoms with Crippen LogP contribution in [0.25, 0.3) is 0 Å². The first-order chi connectivity index (χ1) is 7.74. The zero-order valence-electron chi connectivity index (χ0n) is 8.74. The summed E-state index contributed by atoms with van der Waals surface area (Å²) in [5, 5.41) is 6.28. The molecule has 2 rings (SSSR count). The molecule has 0 aliphatic carbocycles. The number of carbonyl (C=O) groups excluding carboxylic acids is 1. The third kappa shape index (κ3) is 3.15. The fraction of sp³-hybridized carbons (Fsp3) is 0.500. The van der Waals surface area contributed by atoms with E-state index in [1.165, 1.54) is 12.4 Å². The van der Waals surface area contributed by atoms with Gasteiger partial charge >= 0.3 is 0 Å². The Bertz CT molecular complexity index is 379.